The number of likely N-dealkylation sites (tertiary alicyclic amines) is 1. The zero-order chi connectivity index (χ0) is 24.0. The minimum atomic E-state index is -1.09. The van der Waals surface area contributed by atoms with Crippen molar-refractivity contribution in [3.63, 3.8) is 0 Å². The van der Waals surface area contributed by atoms with Crippen LogP contribution in [0.5, 0.6) is 5.75 Å². The highest BCUT2D eigenvalue weighted by molar-refractivity contribution is 6.09. The van der Waals surface area contributed by atoms with Crippen LogP contribution in [-0.4, -0.2) is 60.4 Å². The van der Waals surface area contributed by atoms with Crippen molar-refractivity contribution in [1.29, 1.82) is 0 Å². The summed E-state index contributed by atoms with van der Waals surface area (Å²) in [6.45, 7) is 2.77. The summed E-state index contributed by atoms with van der Waals surface area (Å²) in [4.78, 5) is 43.6. The van der Waals surface area contributed by atoms with Crippen molar-refractivity contribution in [1.82, 2.24) is 9.80 Å². The number of rotatable bonds is 5. The highest BCUT2D eigenvalue weighted by Crippen LogP contribution is 2.58. The number of methoxy groups -OCH3 is 2. The lowest BCUT2D eigenvalue weighted by Crippen LogP contribution is -2.59. The third-order valence-electron chi connectivity index (χ3n) is 7.88. The Morgan fingerprint density at radius 3 is 2.21 bits per heavy atom. The second kappa shape index (κ2) is 8.55. The van der Waals surface area contributed by atoms with E-state index in [1.807, 2.05) is 48.5 Å². The van der Waals surface area contributed by atoms with Crippen molar-refractivity contribution in [3.05, 3.63) is 54.1 Å². The third-order valence-corrected chi connectivity index (χ3v) is 7.88. The molecule has 0 spiro atoms. The van der Waals surface area contributed by atoms with Gasteiger partial charge in [-0.1, -0.05) is 36.4 Å². The molecule has 3 unspecified atom stereocenters. The minimum absolute atomic E-state index is 0.181. The second-order valence-corrected chi connectivity index (χ2v) is 9.29. The number of piperidine rings is 1. The maximum Gasteiger partial charge on any atom is 0.327 e. The van der Waals surface area contributed by atoms with E-state index in [9.17, 15) is 14.4 Å². The van der Waals surface area contributed by atoms with Crippen LogP contribution in [-0.2, 0) is 19.1 Å². The fourth-order valence-corrected chi connectivity index (χ4v) is 6.38. The van der Waals surface area contributed by atoms with Gasteiger partial charge in [-0.05, 0) is 61.6 Å². The summed E-state index contributed by atoms with van der Waals surface area (Å²) < 4.78 is 10.5. The number of amides is 2. The van der Waals surface area contributed by atoms with Crippen LogP contribution in [0.4, 0.5) is 0 Å². The van der Waals surface area contributed by atoms with E-state index in [2.05, 4.69) is 4.90 Å². The molecule has 0 N–H and O–H groups in total. The van der Waals surface area contributed by atoms with Gasteiger partial charge in [-0.2, -0.15) is 0 Å². The largest absolute Gasteiger partial charge is 0.497 e. The molecule has 3 aliphatic rings. The molecule has 2 aromatic rings. The molecule has 3 fully saturated rings. The Bertz CT molecular complexity index is 1110. The first-order valence-electron chi connectivity index (χ1n) is 11.9. The van der Waals surface area contributed by atoms with E-state index >= 15 is 0 Å². The van der Waals surface area contributed by atoms with Crippen LogP contribution in [0.1, 0.15) is 37.8 Å². The van der Waals surface area contributed by atoms with Crippen LogP contribution in [0.25, 0.3) is 11.1 Å². The van der Waals surface area contributed by atoms with E-state index in [-0.39, 0.29) is 17.9 Å². The summed E-state index contributed by atoms with van der Waals surface area (Å²) in [7, 11) is 3.01. The van der Waals surface area contributed by atoms with Crippen molar-refractivity contribution in [3.8, 4) is 16.9 Å². The molecule has 4 atom stereocenters. The van der Waals surface area contributed by atoms with Crippen molar-refractivity contribution in [2.24, 2.45) is 11.8 Å². The molecular formula is C27H30N2O5. The lowest BCUT2D eigenvalue weighted by molar-refractivity contribution is -0.164. The Morgan fingerprint density at radius 2 is 1.62 bits per heavy atom. The van der Waals surface area contributed by atoms with Crippen LogP contribution in [0.3, 0.4) is 0 Å². The van der Waals surface area contributed by atoms with Gasteiger partial charge in [-0.15, -0.1) is 0 Å². The van der Waals surface area contributed by atoms with Gasteiger partial charge in [-0.25, -0.2) is 0 Å². The number of ether oxygens (including phenoxy) is 2. The maximum absolute atomic E-state index is 13.5. The maximum atomic E-state index is 13.5. The number of carbonyl (C=O) groups excluding carboxylic acids is 3. The molecule has 0 saturated carbocycles. The predicted molar refractivity (Wildman–Crippen MR) is 126 cm³/mol. The van der Waals surface area contributed by atoms with Crippen LogP contribution in [0.15, 0.2) is 48.5 Å². The molecule has 3 saturated heterocycles. The van der Waals surface area contributed by atoms with Crippen molar-refractivity contribution >= 4 is 17.8 Å². The zero-order valence-corrected chi connectivity index (χ0v) is 19.8. The monoisotopic (exact) mass is 462 g/mol. The number of fused-ring (bicyclic) bond motifs is 3. The number of hydrogen-bond donors (Lipinski definition) is 0. The summed E-state index contributed by atoms with van der Waals surface area (Å²) in [6.07, 6.45) is 2.27. The molecule has 0 bridgehead atoms. The Hall–Kier alpha value is -3.19. The Balaban J connectivity index is 1.58. The van der Waals surface area contributed by atoms with Gasteiger partial charge in [0.25, 0.3) is 0 Å². The smallest absolute Gasteiger partial charge is 0.327 e. The molecule has 0 aliphatic carbocycles. The quantitative estimate of drug-likeness (QED) is 0.501. The lowest BCUT2D eigenvalue weighted by atomic mass is 9.75. The molecule has 34 heavy (non-hydrogen) atoms. The number of carbonyl (C=O) groups is 3. The highest BCUT2D eigenvalue weighted by atomic mass is 16.5. The number of imide groups is 1. The molecule has 3 aliphatic heterocycles. The molecule has 5 rings (SSSR count). The average Bonchev–Trinajstić information content (AvgIpc) is 3.33. The zero-order valence-electron chi connectivity index (χ0n) is 19.8. The highest BCUT2D eigenvalue weighted by Gasteiger charge is 2.72. The van der Waals surface area contributed by atoms with E-state index in [1.165, 1.54) is 12.0 Å². The first-order valence-corrected chi connectivity index (χ1v) is 11.9. The van der Waals surface area contributed by atoms with E-state index in [1.54, 1.807) is 14.0 Å². The normalized spacial score (nSPS) is 28.6. The first kappa shape index (κ1) is 22.6. The molecular weight excluding hydrogens is 432 g/mol. The van der Waals surface area contributed by atoms with Gasteiger partial charge in [-0.3, -0.25) is 24.2 Å². The summed E-state index contributed by atoms with van der Waals surface area (Å²) in [5.74, 6) is -1.33. The van der Waals surface area contributed by atoms with Crippen LogP contribution < -0.4 is 4.74 Å². The molecule has 2 aromatic carbocycles. The summed E-state index contributed by atoms with van der Waals surface area (Å²) in [6, 6.07) is 15.6. The molecule has 0 aromatic heterocycles. The molecule has 7 heteroatoms. The fourth-order valence-electron chi connectivity index (χ4n) is 6.38. The topological polar surface area (TPSA) is 76.2 Å². The van der Waals surface area contributed by atoms with Crippen LogP contribution in [0.2, 0.25) is 0 Å². The number of nitrogens with zero attached hydrogens (tertiary/aromatic N) is 2. The standard InChI is InChI=1S/C27H30N2O5/c1-4-28-24(30)21-22(25(28)31)27(26(32)34-3)15-5-6-16-29(27)23(21)19-9-7-17(8-10-19)18-11-13-20(33-2)14-12-18/h7-14,21-23H,4-6,15-16H2,1-3H3/t21?,22?,23?,27-/m0/s1. The molecule has 0 radical (unpaired) electrons. The van der Waals surface area contributed by atoms with Crippen LogP contribution >= 0.6 is 0 Å². The van der Waals surface area contributed by atoms with Gasteiger partial charge < -0.3 is 9.47 Å². The summed E-state index contributed by atoms with van der Waals surface area (Å²) in [5.41, 5.74) is 1.96. The van der Waals surface area contributed by atoms with E-state index in [0.29, 0.717) is 19.5 Å². The SMILES string of the molecule is CCN1C(=O)C2C(c3ccc(-c4ccc(OC)cc4)cc3)N3CCCC[C@@]3(C(=O)OC)C2C1=O. The summed E-state index contributed by atoms with van der Waals surface area (Å²) in [5, 5.41) is 0. The first-order chi connectivity index (χ1) is 16.5. The Morgan fingerprint density at radius 1 is 0.971 bits per heavy atom. The van der Waals surface area contributed by atoms with Gasteiger partial charge in [0.2, 0.25) is 11.8 Å². The van der Waals surface area contributed by atoms with Gasteiger partial charge in [0, 0.05) is 12.6 Å². The van der Waals surface area contributed by atoms with E-state index < -0.39 is 23.3 Å². The summed E-state index contributed by atoms with van der Waals surface area (Å²) >= 11 is 0. The molecule has 178 valence electrons. The number of benzene rings is 2. The van der Waals surface area contributed by atoms with Gasteiger partial charge in [0.15, 0.2) is 0 Å². The van der Waals surface area contributed by atoms with Crippen molar-refractivity contribution in [2.75, 3.05) is 27.3 Å². The average molecular weight is 463 g/mol. The van der Waals surface area contributed by atoms with E-state index in [4.69, 9.17) is 9.47 Å². The van der Waals surface area contributed by atoms with Crippen molar-refractivity contribution in [2.45, 2.75) is 37.8 Å². The van der Waals surface area contributed by atoms with Crippen LogP contribution in [0, 0.1) is 11.8 Å². The molecule has 2 amide bonds. The molecule has 7 nitrogen and oxygen atoms in total. The predicted octanol–water partition coefficient (Wildman–Crippen LogP) is 3.44. The Kier molecular flexibility index (Phi) is 5.68. The van der Waals surface area contributed by atoms with Gasteiger partial charge in [0.1, 0.15) is 11.3 Å². The lowest BCUT2D eigenvalue weighted by Gasteiger charge is -2.44. The number of esters is 1. The third kappa shape index (κ3) is 3.10. The minimum Gasteiger partial charge on any atom is -0.497 e. The van der Waals surface area contributed by atoms with Gasteiger partial charge >= 0.3 is 5.97 Å². The van der Waals surface area contributed by atoms with E-state index in [0.717, 1.165) is 35.3 Å². The van der Waals surface area contributed by atoms with Gasteiger partial charge in [0.05, 0.1) is 26.1 Å². The fraction of sp³-hybridized carbons (Fsp3) is 0.444. The van der Waals surface area contributed by atoms with Crippen molar-refractivity contribution < 1.29 is 23.9 Å². The molecule has 3 heterocycles. The number of hydrogen-bond acceptors (Lipinski definition) is 6. The second-order valence-electron chi connectivity index (χ2n) is 9.29. The Labute approximate surface area is 199 Å².